The van der Waals surface area contributed by atoms with Gasteiger partial charge in [-0.3, -0.25) is 4.79 Å². The van der Waals surface area contributed by atoms with Crippen molar-refractivity contribution >= 4 is 5.91 Å². The smallest absolute Gasteiger partial charge is 0.227 e. The minimum atomic E-state index is -0.947. The fourth-order valence-electron chi connectivity index (χ4n) is 3.84. The third kappa shape index (κ3) is 2.99. The molecule has 1 aliphatic carbocycles. The van der Waals surface area contributed by atoms with E-state index in [0.717, 1.165) is 18.9 Å². The van der Waals surface area contributed by atoms with E-state index in [9.17, 15) is 18.7 Å². The lowest BCUT2D eigenvalue weighted by molar-refractivity contribution is -0.150. The number of hydrogen-bond acceptors (Lipinski definition) is 2. The van der Waals surface area contributed by atoms with Gasteiger partial charge in [0.05, 0.1) is 12.0 Å². The van der Waals surface area contributed by atoms with Gasteiger partial charge in [-0.2, -0.15) is 0 Å². The third-order valence-electron chi connectivity index (χ3n) is 5.67. The summed E-state index contributed by atoms with van der Waals surface area (Å²) in [6.45, 7) is 2.93. The van der Waals surface area contributed by atoms with E-state index in [1.165, 1.54) is 18.6 Å². The van der Waals surface area contributed by atoms with Crippen molar-refractivity contribution in [1.29, 1.82) is 0 Å². The number of aliphatic hydroxyl groups is 1. The molecular formula is C18H23F2NO2. The molecule has 2 fully saturated rings. The summed E-state index contributed by atoms with van der Waals surface area (Å²) in [5.74, 6) is -1.74. The highest BCUT2D eigenvalue weighted by Crippen LogP contribution is 2.44. The minimum Gasteiger partial charge on any atom is -0.389 e. The lowest BCUT2D eigenvalue weighted by atomic mass is 9.65. The molecule has 0 unspecified atom stereocenters. The molecule has 0 bridgehead atoms. The summed E-state index contributed by atoms with van der Waals surface area (Å²) >= 11 is 0. The van der Waals surface area contributed by atoms with Crippen LogP contribution in [0.25, 0.3) is 0 Å². The first-order chi connectivity index (χ1) is 10.9. The zero-order valence-electron chi connectivity index (χ0n) is 13.4. The number of piperidine rings is 1. The molecule has 3 nitrogen and oxygen atoms in total. The number of nitrogens with zero attached hydrogens (tertiary/aromatic N) is 1. The van der Waals surface area contributed by atoms with Crippen molar-refractivity contribution in [2.75, 3.05) is 13.1 Å². The van der Waals surface area contributed by atoms with Gasteiger partial charge in [0.1, 0.15) is 0 Å². The van der Waals surface area contributed by atoms with Crippen LogP contribution in [0.2, 0.25) is 0 Å². The number of carbonyl (C=O) groups is 1. The zero-order valence-corrected chi connectivity index (χ0v) is 13.4. The molecule has 1 N–H and O–H groups in total. The summed E-state index contributed by atoms with van der Waals surface area (Å²) in [5, 5.41) is 10.9. The van der Waals surface area contributed by atoms with Gasteiger partial charge in [-0.15, -0.1) is 0 Å². The number of benzene rings is 1. The fraction of sp³-hybridized carbons (Fsp3) is 0.611. The maximum atomic E-state index is 13.7. The Morgan fingerprint density at radius 1 is 1.39 bits per heavy atom. The first-order valence-corrected chi connectivity index (χ1v) is 8.35. The van der Waals surface area contributed by atoms with Crippen molar-refractivity contribution < 1.29 is 18.7 Å². The average molecular weight is 323 g/mol. The number of hydrogen-bond donors (Lipinski definition) is 1. The van der Waals surface area contributed by atoms with Crippen LogP contribution in [0.5, 0.6) is 0 Å². The maximum absolute atomic E-state index is 13.7. The highest BCUT2D eigenvalue weighted by atomic mass is 19.2. The maximum Gasteiger partial charge on any atom is 0.227 e. The Morgan fingerprint density at radius 3 is 2.74 bits per heavy atom. The Hall–Kier alpha value is -1.49. The first-order valence-electron chi connectivity index (χ1n) is 8.35. The van der Waals surface area contributed by atoms with E-state index in [0.29, 0.717) is 25.4 Å². The highest BCUT2D eigenvalue weighted by Gasteiger charge is 2.47. The molecule has 0 aromatic heterocycles. The van der Waals surface area contributed by atoms with Crippen LogP contribution in [0.3, 0.4) is 0 Å². The Balaban J connectivity index is 1.64. The van der Waals surface area contributed by atoms with Crippen molar-refractivity contribution in [2.45, 2.75) is 44.6 Å². The van der Waals surface area contributed by atoms with E-state index < -0.39 is 17.2 Å². The van der Waals surface area contributed by atoms with E-state index in [-0.39, 0.29) is 23.8 Å². The van der Waals surface area contributed by atoms with Crippen LogP contribution in [0, 0.1) is 23.5 Å². The van der Waals surface area contributed by atoms with Crippen molar-refractivity contribution in [3.63, 3.8) is 0 Å². The zero-order chi connectivity index (χ0) is 16.6. The molecule has 1 aliphatic heterocycles. The predicted molar refractivity (Wildman–Crippen MR) is 82.7 cm³/mol. The summed E-state index contributed by atoms with van der Waals surface area (Å²) in [5.41, 5.74) is -0.596. The average Bonchev–Trinajstić information content (AvgIpc) is 2.45. The topological polar surface area (TPSA) is 40.5 Å². The van der Waals surface area contributed by atoms with E-state index in [1.54, 1.807) is 4.90 Å². The molecular weight excluding hydrogens is 300 g/mol. The van der Waals surface area contributed by atoms with Gasteiger partial charge < -0.3 is 10.0 Å². The van der Waals surface area contributed by atoms with Gasteiger partial charge in [0.15, 0.2) is 11.6 Å². The van der Waals surface area contributed by atoms with Crippen molar-refractivity contribution in [3.8, 4) is 0 Å². The molecule has 3 rings (SSSR count). The molecule has 2 aliphatic rings. The molecule has 1 amide bonds. The lowest BCUT2D eigenvalue weighted by Gasteiger charge is -2.50. The second kappa shape index (κ2) is 6.19. The second-order valence-electron chi connectivity index (χ2n) is 7.00. The largest absolute Gasteiger partial charge is 0.389 e. The van der Waals surface area contributed by atoms with Gasteiger partial charge in [0.25, 0.3) is 0 Å². The quantitative estimate of drug-likeness (QED) is 0.929. The molecule has 1 aromatic carbocycles. The fourth-order valence-corrected chi connectivity index (χ4v) is 3.84. The molecule has 1 saturated heterocycles. The van der Waals surface area contributed by atoms with E-state index in [1.807, 2.05) is 6.92 Å². The Kier molecular flexibility index (Phi) is 4.41. The van der Waals surface area contributed by atoms with Crippen LogP contribution < -0.4 is 0 Å². The summed E-state index contributed by atoms with van der Waals surface area (Å²) < 4.78 is 26.9. The summed E-state index contributed by atoms with van der Waals surface area (Å²) in [7, 11) is 0. The van der Waals surface area contributed by atoms with Gasteiger partial charge in [-0.05, 0) is 31.2 Å². The summed E-state index contributed by atoms with van der Waals surface area (Å²) in [6, 6.07) is 3.90. The molecule has 1 saturated carbocycles. The van der Waals surface area contributed by atoms with Gasteiger partial charge in [-0.1, -0.05) is 25.5 Å². The van der Waals surface area contributed by atoms with Crippen LogP contribution in [0.15, 0.2) is 18.2 Å². The van der Waals surface area contributed by atoms with Crippen LogP contribution in [-0.4, -0.2) is 34.6 Å². The molecule has 1 aromatic rings. The summed E-state index contributed by atoms with van der Waals surface area (Å²) in [4.78, 5) is 14.1. The highest BCUT2D eigenvalue weighted by molar-refractivity contribution is 5.79. The van der Waals surface area contributed by atoms with Gasteiger partial charge in [0.2, 0.25) is 5.91 Å². The molecule has 2 atom stereocenters. The number of amides is 1. The molecule has 23 heavy (non-hydrogen) atoms. The molecule has 0 radical (unpaired) electrons. The van der Waals surface area contributed by atoms with Gasteiger partial charge in [0, 0.05) is 24.6 Å². The monoisotopic (exact) mass is 323 g/mol. The van der Waals surface area contributed by atoms with Crippen LogP contribution in [0.4, 0.5) is 8.78 Å². The van der Waals surface area contributed by atoms with E-state index in [2.05, 4.69) is 0 Å². The normalized spacial score (nSPS) is 28.5. The van der Waals surface area contributed by atoms with E-state index in [4.69, 9.17) is 0 Å². The molecule has 126 valence electrons. The third-order valence-corrected chi connectivity index (χ3v) is 5.67. The number of rotatable bonds is 3. The van der Waals surface area contributed by atoms with Crippen LogP contribution in [-0.2, 0) is 11.2 Å². The Labute approximate surface area is 135 Å². The number of halogens is 2. The Bertz CT molecular complexity index is 603. The van der Waals surface area contributed by atoms with Crippen molar-refractivity contribution in [2.24, 2.45) is 11.8 Å². The predicted octanol–water partition coefficient (Wildman–Crippen LogP) is 2.91. The second-order valence-corrected chi connectivity index (χ2v) is 7.00. The number of likely N-dealkylation sites (tertiary alicyclic amines) is 1. The standard InChI is InChI=1S/C18H23F2NO2/c1-12-11-21(9-8-18(12,23)14-5-3-6-14)16(22)10-13-4-2-7-15(19)17(13)20/h2,4,7,12,14,23H,3,5-6,8-11H2,1H3/t12-,18+/m1/s1. The van der Waals surface area contributed by atoms with Crippen molar-refractivity contribution in [1.82, 2.24) is 4.90 Å². The van der Waals surface area contributed by atoms with E-state index >= 15 is 0 Å². The van der Waals surface area contributed by atoms with Crippen LogP contribution in [0.1, 0.15) is 38.2 Å². The number of carbonyl (C=O) groups excluding carboxylic acids is 1. The minimum absolute atomic E-state index is 0.00264. The first kappa shape index (κ1) is 16.4. The summed E-state index contributed by atoms with van der Waals surface area (Å²) in [6.07, 6.45) is 3.71. The SMILES string of the molecule is C[C@@H]1CN(C(=O)Cc2cccc(F)c2F)CC[C@@]1(O)C1CCC1. The van der Waals surface area contributed by atoms with Crippen LogP contribution >= 0.6 is 0 Å². The Morgan fingerprint density at radius 2 is 2.13 bits per heavy atom. The van der Waals surface area contributed by atoms with Gasteiger partial charge >= 0.3 is 0 Å². The van der Waals surface area contributed by atoms with Gasteiger partial charge in [-0.25, -0.2) is 8.78 Å². The molecule has 1 heterocycles. The molecule has 0 spiro atoms. The van der Waals surface area contributed by atoms with Crippen molar-refractivity contribution in [3.05, 3.63) is 35.4 Å². The lowest BCUT2D eigenvalue weighted by Crippen LogP contribution is -2.57. The molecule has 5 heteroatoms.